The van der Waals surface area contributed by atoms with E-state index >= 15 is 0 Å². The van der Waals surface area contributed by atoms with Gasteiger partial charge in [0.15, 0.2) is 0 Å². The highest BCUT2D eigenvalue weighted by molar-refractivity contribution is 6.20. The van der Waals surface area contributed by atoms with Gasteiger partial charge in [0.2, 0.25) is 0 Å². The average molecular weight is 203 g/mol. The summed E-state index contributed by atoms with van der Waals surface area (Å²) in [6.07, 6.45) is 2.03. The Bertz CT molecular complexity index is 389. The van der Waals surface area contributed by atoms with Gasteiger partial charge < -0.3 is 0 Å². The van der Waals surface area contributed by atoms with Gasteiger partial charge in [-0.1, -0.05) is 35.9 Å². The molecule has 0 spiro atoms. The van der Waals surface area contributed by atoms with Crippen molar-refractivity contribution in [2.75, 3.05) is 7.11 Å². The molecule has 1 saturated carbocycles. The predicted molar refractivity (Wildman–Crippen MR) is 57.7 cm³/mol. The fourth-order valence-corrected chi connectivity index (χ4v) is 1.56. The number of nitrogens with one attached hydrogen (secondary N) is 1. The molecule has 3 nitrogen and oxygen atoms in total. The van der Waals surface area contributed by atoms with Crippen molar-refractivity contribution in [1.82, 2.24) is 5.48 Å². The molecular formula is C12H13NO2. The van der Waals surface area contributed by atoms with Crippen molar-refractivity contribution in [3.63, 3.8) is 0 Å². The van der Waals surface area contributed by atoms with E-state index in [0.717, 1.165) is 24.0 Å². The maximum Gasteiger partial charge on any atom is 0.275 e. The minimum absolute atomic E-state index is 0.156. The lowest BCUT2D eigenvalue weighted by atomic mass is 10.0. The normalized spacial score (nSPS) is 13.5. The zero-order valence-corrected chi connectivity index (χ0v) is 8.62. The standard InChI is InChI=1S/C12H13NO2/c1-15-13-12(14)11(10-7-8-10)9-5-3-2-4-6-9/h2-6H,7-8H2,1H3,(H,13,14). The van der Waals surface area contributed by atoms with E-state index in [4.69, 9.17) is 0 Å². The second-order valence-corrected chi connectivity index (χ2v) is 3.48. The third kappa shape index (κ3) is 2.25. The monoisotopic (exact) mass is 203 g/mol. The molecule has 1 aliphatic carbocycles. The summed E-state index contributed by atoms with van der Waals surface area (Å²) in [7, 11) is 1.44. The van der Waals surface area contributed by atoms with Crippen LogP contribution in [0.1, 0.15) is 18.4 Å². The maximum atomic E-state index is 11.7. The van der Waals surface area contributed by atoms with E-state index in [1.807, 2.05) is 30.3 Å². The molecule has 0 aliphatic heterocycles. The molecule has 15 heavy (non-hydrogen) atoms. The number of carbonyl (C=O) groups is 1. The molecule has 1 aliphatic rings. The van der Waals surface area contributed by atoms with E-state index in [1.165, 1.54) is 12.7 Å². The molecule has 0 bridgehead atoms. The molecular weight excluding hydrogens is 190 g/mol. The van der Waals surface area contributed by atoms with Gasteiger partial charge in [0.05, 0.1) is 7.11 Å². The lowest BCUT2D eigenvalue weighted by molar-refractivity contribution is -0.125. The van der Waals surface area contributed by atoms with Crippen molar-refractivity contribution in [2.45, 2.75) is 12.8 Å². The Morgan fingerprint density at radius 3 is 2.47 bits per heavy atom. The second kappa shape index (κ2) is 4.28. The number of benzene rings is 1. The molecule has 0 heterocycles. The molecule has 0 saturated heterocycles. The van der Waals surface area contributed by atoms with E-state index in [9.17, 15) is 4.79 Å². The molecule has 0 unspecified atom stereocenters. The van der Waals surface area contributed by atoms with Crippen LogP contribution >= 0.6 is 0 Å². The minimum Gasteiger partial charge on any atom is -0.277 e. The van der Waals surface area contributed by atoms with Crippen LogP contribution in [0.15, 0.2) is 35.9 Å². The van der Waals surface area contributed by atoms with Gasteiger partial charge in [-0.3, -0.25) is 9.63 Å². The van der Waals surface area contributed by atoms with Crippen LogP contribution in [-0.2, 0) is 9.63 Å². The highest BCUT2D eigenvalue weighted by Crippen LogP contribution is 2.36. The van der Waals surface area contributed by atoms with E-state index in [2.05, 4.69) is 10.3 Å². The van der Waals surface area contributed by atoms with Crippen molar-refractivity contribution in [1.29, 1.82) is 0 Å². The second-order valence-electron chi connectivity index (χ2n) is 3.48. The van der Waals surface area contributed by atoms with Crippen LogP contribution in [-0.4, -0.2) is 13.0 Å². The summed E-state index contributed by atoms with van der Waals surface area (Å²) in [5.41, 5.74) is 5.29. The third-order valence-electron chi connectivity index (χ3n) is 2.34. The Hall–Kier alpha value is -1.61. The highest BCUT2D eigenvalue weighted by Gasteiger charge is 2.23. The van der Waals surface area contributed by atoms with Gasteiger partial charge in [0.1, 0.15) is 0 Å². The summed E-state index contributed by atoms with van der Waals surface area (Å²) < 4.78 is 0. The van der Waals surface area contributed by atoms with Crippen LogP contribution in [0.4, 0.5) is 0 Å². The van der Waals surface area contributed by atoms with Crippen LogP contribution in [0, 0.1) is 0 Å². The number of carbonyl (C=O) groups excluding carboxylic acids is 1. The van der Waals surface area contributed by atoms with Gasteiger partial charge in [-0.25, -0.2) is 5.48 Å². The zero-order valence-electron chi connectivity index (χ0n) is 8.62. The SMILES string of the molecule is CONC(=O)C(=C1CC1)c1ccccc1. The predicted octanol–water partition coefficient (Wildman–Crippen LogP) is 1.91. The number of allylic oxidation sites excluding steroid dienone is 1. The lowest BCUT2D eigenvalue weighted by Crippen LogP contribution is -2.23. The Kier molecular flexibility index (Phi) is 2.83. The van der Waals surface area contributed by atoms with E-state index in [0.29, 0.717) is 0 Å². The van der Waals surface area contributed by atoms with Crippen LogP contribution in [0.3, 0.4) is 0 Å². The zero-order chi connectivity index (χ0) is 10.7. The number of rotatable bonds is 3. The van der Waals surface area contributed by atoms with Crippen LogP contribution in [0.25, 0.3) is 5.57 Å². The summed E-state index contributed by atoms with van der Waals surface area (Å²) in [4.78, 5) is 16.4. The summed E-state index contributed by atoms with van der Waals surface area (Å²) in [6.45, 7) is 0. The largest absolute Gasteiger partial charge is 0.277 e. The molecule has 1 aromatic carbocycles. The summed E-state index contributed by atoms with van der Waals surface area (Å²) in [6, 6.07) is 9.68. The highest BCUT2D eigenvalue weighted by atomic mass is 16.6. The smallest absolute Gasteiger partial charge is 0.275 e. The molecule has 0 atom stereocenters. The molecule has 3 heteroatoms. The van der Waals surface area contributed by atoms with E-state index in [1.54, 1.807) is 0 Å². The van der Waals surface area contributed by atoms with Gasteiger partial charge in [-0.15, -0.1) is 0 Å². The Balaban J connectivity index is 2.31. The Morgan fingerprint density at radius 1 is 1.27 bits per heavy atom. The maximum absolute atomic E-state index is 11.7. The molecule has 0 radical (unpaired) electrons. The number of hydrogen-bond donors (Lipinski definition) is 1. The van der Waals surface area contributed by atoms with E-state index in [-0.39, 0.29) is 5.91 Å². The molecule has 1 aromatic rings. The topological polar surface area (TPSA) is 38.3 Å². The minimum atomic E-state index is -0.156. The molecule has 1 fully saturated rings. The quantitative estimate of drug-likeness (QED) is 0.602. The molecule has 78 valence electrons. The first-order chi connectivity index (χ1) is 7.33. The van der Waals surface area contributed by atoms with Gasteiger partial charge in [-0.2, -0.15) is 0 Å². The van der Waals surface area contributed by atoms with Crippen LogP contribution < -0.4 is 5.48 Å². The van der Waals surface area contributed by atoms with Gasteiger partial charge >= 0.3 is 0 Å². The molecule has 1 N–H and O–H groups in total. The summed E-state index contributed by atoms with van der Waals surface area (Å²) in [5, 5.41) is 0. The van der Waals surface area contributed by atoms with Crippen molar-refractivity contribution in [2.24, 2.45) is 0 Å². The molecule has 0 aromatic heterocycles. The first-order valence-electron chi connectivity index (χ1n) is 4.93. The number of hydrogen-bond acceptors (Lipinski definition) is 2. The van der Waals surface area contributed by atoms with E-state index < -0.39 is 0 Å². The van der Waals surface area contributed by atoms with Gasteiger partial charge in [-0.05, 0) is 18.4 Å². The number of hydroxylamine groups is 1. The molecule has 1 amide bonds. The van der Waals surface area contributed by atoms with Crippen molar-refractivity contribution >= 4 is 11.5 Å². The van der Waals surface area contributed by atoms with Crippen LogP contribution in [0.5, 0.6) is 0 Å². The van der Waals surface area contributed by atoms with Crippen LogP contribution in [0.2, 0.25) is 0 Å². The lowest BCUT2D eigenvalue weighted by Gasteiger charge is -2.06. The average Bonchev–Trinajstić information content (AvgIpc) is 3.04. The Morgan fingerprint density at radius 2 is 1.93 bits per heavy atom. The van der Waals surface area contributed by atoms with Gasteiger partial charge in [0, 0.05) is 5.57 Å². The molecule has 2 rings (SSSR count). The first-order valence-corrected chi connectivity index (χ1v) is 4.93. The first kappa shape index (κ1) is 9.93. The third-order valence-corrected chi connectivity index (χ3v) is 2.34. The Labute approximate surface area is 88.7 Å². The number of amides is 1. The fraction of sp³-hybridized carbons (Fsp3) is 0.250. The summed E-state index contributed by atoms with van der Waals surface area (Å²) in [5.74, 6) is -0.156. The van der Waals surface area contributed by atoms with Crippen molar-refractivity contribution in [3.8, 4) is 0 Å². The summed E-state index contributed by atoms with van der Waals surface area (Å²) >= 11 is 0. The fourth-order valence-electron chi connectivity index (χ4n) is 1.56. The van der Waals surface area contributed by atoms with Crippen molar-refractivity contribution in [3.05, 3.63) is 41.5 Å². The van der Waals surface area contributed by atoms with Crippen molar-refractivity contribution < 1.29 is 9.63 Å². The van der Waals surface area contributed by atoms with Gasteiger partial charge in [0.25, 0.3) is 5.91 Å².